The molecule has 3 aromatic rings. The average Bonchev–Trinajstić information content (AvgIpc) is 3.37. The minimum atomic E-state index is -2.99. The third-order valence-electron chi connectivity index (χ3n) is 4.68. The Hall–Kier alpha value is -2.82. The molecular formula is C27H29NO3. The van der Waals surface area contributed by atoms with Gasteiger partial charge in [-0.2, -0.15) is 0 Å². The van der Waals surface area contributed by atoms with Crippen LogP contribution in [0.2, 0.25) is 0 Å². The Labute approximate surface area is 209 Å². The first kappa shape index (κ1) is 8.27. The predicted octanol–water partition coefficient (Wildman–Crippen LogP) is 5.23. The van der Waals surface area contributed by atoms with Crippen molar-refractivity contribution in [2.75, 3.05) is 26.3 Å². The third kappa shape index (κ3) is 4.92. The number of fused-ring (bicyclic) bond motifs is 1. The molecule has 2 aliphatic heterocycles. The first-order chi connectivity index (χ1) is 22.6. The topological polar surface area (TPSA) is 30.9 Å². The zero-order chi connectivity index (χ0) is 36.7. The normalized spacial score (nSPS) is 29.1. The molecule has 0 amide bonds. The summed E-state index contributed by atoms with van der Waals surface area (Å²) in [5, 5.41) is 0. The highest BCUT2D eigenvalue weighted by atomic mass is 16.7. The molecule has 1 saturated heterocycles. The molecule has 1 fully saturated rings. The van der Waals surface area contributed by atoms with Crippen molar-refractivity contribution in [2.45, 2.75) is 31.4 Å². The van der Waals surface area contributed by atoms with Crippen LogP contribution >= 0.6 is 0 Å². The van der Waals surface area contributed by atoms with Crippen molar-refractivity contribution in [3.8, 4) is 11.5 Å². The number of hydrogen-bond acceptors (Lipinski definition) is 4. The number of nitrogens with zero attached hydrogens (tertiary/aromatic N) is 1. The van der Waals surface area contributed by atoms with Gasteiger partial charge in [0.25, 0.3) is 0 Å². The molecule has 1 atom stereocenters. The van der Waals surface area contributed by atoms with Crippen LogP contribution in [0.5, 0.6) is 11.5 Å². The van der Waals surface area contributed by atoms with Gasteiger partial charge in [0.1, 0.15) is 8.82 Å². The van der Waals surface area contributed by atoms with E-state index in [9.17, 15) is 1.37 Å². The Kier molecular flexibility index (Phi) is 2.55. The van der Waals surface area contributed by atoms with Gasteiger partial charge in [-0.1, -0.05) is 66.5 Å². The molecule has 0 N–H and O–H groups in total. The van der Waals surface area contributed by atoms with Gasteiger partial charge in [-0.25, -0.2) is 0 Å². The lowest BCUT2D eigenvalue weighted by molar-refractivity contribution is -0.0330. The Balaban J connectivity index is 1.56. The van der Waals surface area contributed by atoms with E-state index in [0.717, 1.165) is 0 Å². The van der Waals surface area contributed by atoms with E-state index >= 15 is 0 Å². The van der Waals surface area contributed by atoms with Crippen LogP contribution in [0.25, 0.3) is 0 Å². The maximum atomic E-state index is 9.52. The largest absolute Gasteiger partial charge is 0.454 e. The Morgan fingerprint density at radius 1 is 1.03 bits per heavy atom. The highest BCUT2D eigenvalue weighted by Crippen LogP contribution is 2.33. The molecule has 160 valence electrons. The minimum Gasteiger partial charge on any atom is -0.454 e. The highest BCUT2D eigenvalue weighted by molar-refractivity contribution is 5.44. The van der Waals surface area contributed by atoms with Gasteiger partial charge in [0.05, 0.1) is 25.3 Å². The molecule has 0 aliphatic carbocycles. The Bertz CT molecular complexity index is 1740. The van der Waals surface area contributed by atoms with Crippen LogP contribution in [0.15, 0.2) is 78.6 Å². The molecule has 3 aromatic carbocycles. The van der Waals surface area contributed by atoms with Crippen LogP contribution in [0, 0.1) is 0 Å². The lowest BCUT2D eigenvalue weighted by Gasteiger charge is -2.35. The lowest BCUT2D eigenvalue weighted by atomic mass is 10.00. The van der Waals surface area contributed by atoms with Crippen molar-refractivity contribution < 1.29 is 38.9 Å². The maximum absolute atomic E-state index is 9.52. The van der Waals surface area contributed by atoms with Crippen molar-refractivity contribution in [1.82, 2.24) is 4.90 Å². The average molecular weight is 434 g/mol. The molecule has 0 saturated carbocycles. The zero-order valence-electron chi connectivity index (χ0n) is 34.3. The minimum absolute atomic E-state index is 0.0860. The van der Waals surface area contributed by atoms with E-state index in [1.54, 1.807) is 0 Å². The van der Waals surface area contributed by atoms with E-state index in [1.165, 1.54) is 4.90 Å². The standard InChI is InChI=1S/C27H29NO3/c1-3-8-22(9-4-1)27(23-10-5-2-6-11-23)31-24-12-7-16-28(19-24)17-15-21-13-14-25-26(18-21)30-20-29-25/h1-6,8-11,13-14,18,24,27H,7,12,15-17,19-20H2/t24-/m1/s1/i1D,2D,3D,4D,5D,6D,8D,9D,10D,11D,13D,14D,17D2,18D,20D2,27D. The zero-order valence-corrected chi connectivity index (χ0v) is 16.3. The Morgan fingerprint density at radius 3 is 2.48 bits per heavy atom. The van der Waals surface area contributed by atoms with E-state index in [4.69, 9.17) is 37.5 Å². The van der Waals surface area contributed by atoms with Gasteiger partial charge >= 0.3 is 0 Å². The summed E-state index contributed by atoms with van der Waals surface area (Å²) in [4.78, 5) is 1.25. The van der Waals surface area contributed by atoms with Gasteiger partial charge in [-0.3, -0.25) is 0 Å². The number of piperidine rings is 1. The molecule has 2 aliphatic rings. The molecule has 5 rings (SSSR count). The number of benzene rings is 3. The second-order valence-electron chi connectivity index (χ2n) is 6.79. The molecule has 0 radical (unpaired) electrons. The fraction of sp³-hybridized carbons (Fsp3) is 0.333. The quantitative estimate of drug-likeness (QED) is 0.511. The number of hydrogen-bond donors (Lipinski definition) is 0. The second-order valence-corrected chi connectivity index (χ2v) is 6.79. The Morgan fingerprint density at radius 2 is 1.74 bits per heavy atom. The monoisotopic (exact) mass is 433 g/mol. The van der Waals surface area contributed by atoms with Gasteiger partial charge in [0, 0.05) is 15.8 Å². The number of rotatable bonds is 7. The van der Waals surface area contributed by atoms with E-state index in [2.05, 4.69) is 0 Å². The maximum Gasteiger partial charge on any atom is 0.231 e. The van der Waals surface area contributed by atoms with Crippen LogP contribution in [-0.2, 0) is 11.2 Å². The summed E-state index contributed by atoms with van der Waals surface area (Å²) >= 11 is 0. The van der Waals surface area contributed by atoms with Crippen molar-refractivity contribution in [1.29, 1.82) is 0 Å². The fourth-order valence-electron chi connectivity index (χ4n) is 3.26. The molecule has 0 bridgehead atoms. The first-order valence-electron chi connectivity index (χ1n) is 18.6. The van der Waals surface area contributed by atoms with Gasteiger partial charge < -0.3 is 19.1 Å². The van der Waals surface area contributed by atoms with Gasteiger partial charge in [0.15, 0.2) is 11.5 Å². The summed E-state index contributed by atoms with van der Waals surface area (Å²) < 4.78 is 167. The van der Waals surface area contributed by atoms with E-state index in [1.807, 2.05) is 0 Å². The van der Waals surface area contributed by atoms with Crippen molar-refractivity contribution in [3.05, 3.63) is 95.2 Å². The van der Waals surface area contributed by atoms with E-state index in [0.29, 0.717) is 0 Å². The summed E-state index contributed by atoms with van der Waals surface area (Å²) in [7, 11) is 0. The fourth-order valence-corrected chi connectivity index (χ4v) is 3.26. The van der Waals surface area contributed by atoms with E-state index in [-0.39, 0.29) is 31.5 Å². The molecule has 4 nitrogen and oxygen atoms in total. The number of ether oxygens (including phenoxy) is 3. The van der Waals surface area contributed by atoms with Crippen LogP contribution < -0.4 is 9.47 Å². The summed E-state index contributed by atoms with van der Waals surface area (Å²) in [5.41, 5.74) is -1.89. The molecular weight excluding hydrogens is 386 g/mol. The van der Waals surface area contributed by atoms with E-state index < -0.39 is 133 Å². The molecule has 2 heterocycles. The molecule has 4 heteroatoms. The summed E-state index contributed by atoms with van der Waals surface area (Å²) in [5.74, 6) is -0.907. The molecule has 0 spiro atoms. The van der Waals surface area contributed by atoms with Crippen molar-refractivity contribution in [2.24, 2.45) is 0 Å². The summed E-state index contributed by atoms with van der Waals surface area (Å²) in [6.45, 7) is -5.31. The van der Waals surface area contributed by atoms with Crippen LogP contribution in [0.4, 0.5) is 0 Å². The summed E-state index contributed by atoms with van der Waals surface area (Å²) in [6.07, 6.45) is -4.48. The third-order valence-corrected chi connectivity index (χ3v) is 4.68. The second kappa shape index (κ2) is 9.54. The smallest absolute Gasteiger partial charge is 0.231 e. The number of likely N-dealkylation sites (tertiary alicyclic amines) is 1. The summed E-state index contributed by atoms with van der Waals surface area (Å²) in [6, 6.07) is -10.3. The van der Waals surface area contributed by atoms with Crippen LogP contribution in [0.3, 0.4) is 0 Å². The molecule has 0 aromatic heterocycles. The van der Waals surface area contributed by atoms with Crippen LogP contribution in [0.1, 0.15) is 60.3 Å². The SMILES string of the molecule is [2H]c1c([2H])c([2H])c(C([2H])(O[C@@H]2CCCN(C([2H])([2H])Cc3c([2H])c([2H])c4c(c3[2H])OC([2H])([2H])O4)C2)c2c([2H])c([2H])c([2H])c([2H])c2[2H])c([2H])c1[2H]. The highest BCUT2D eigenvalue weighted by Gasteiger charge is 2.25. The molecule has 31 heavy (non-hydrogen) atoms. The first-order valence-corrected chi connectivity index (χ1v) is 9.64. The van der Waals surface area contributed by atoms with Gasteiger partial charge in [-0.15, -0.1) is 0 Å². The molecule has 0 unspecified atom stereocenters. The lowest BCUT2D eigenvalue weighted by Crippen LogP contribution is -2.41. The van der Waals surface area contributed by atoms with Gasteiger partial charge in [0.2, 0.25) is 6.75 Å². The van der Waals surface area contributed by atoms with Gasteiger partial charge in [-0.05, 0) is 54.6 Å². The van der Waals surface area contributed by atoms with Crippen LogP contribution in [-0.4, -0.2) is 37.3 Å². The van der Waals surface area contributed by atoms with Crippen molar-refractivity contribution in [3.63, 3.8) is 0 Å². The predicted molar refractivity (Wildman–Crippen MR) is 122 cm³/mol. The van der Waals surface area contributed by atoms with Crippen molar-refractivity contribution >= 4 is 0 Å².